The molecule has 2 aromatic rings. The van der Waals surface area contributed by atoms with Crippen LogP contribution in [0.25, 0.3) is 11.2 Å². The molecule has 0 bridgehead atoms. The summed E-state index contributed by atoms with van der Waals surface area (Å²) in [6, 6.07) is -0.854. The lowest BCUT2D eigenvalue weighted by atomic mass is 9.92. The Balaban J connectivity index is 1.55. The van der Waals surface area contributed by atoms with Gasteiger partial charge in [0.15, 0.2) is 11.5 Å². The Kier molecular flexibility index (Phi) is 5.70. The molecule has 4 rings (SSSR count). The van der Waals surface area contributed by atoms with Crippen LogP contribution in [0.4, 0.5) is 5.82 Å². The van der Waals surface area contributed by atoms with Crippen LogP contribution in [0, 0.1) is 5.92 Å². The van der Waals surface area contributed by atoms with Crippen LogP contribution in [0.5, 0.6) is 0 Å². The van der Waals surface area contributed by atoms with Gasteiger partial charge in [0.05, 0.1) is 12.4 Å². The molecular formula is C13H20N5O12P3. The minimum absolute atomic E-state index is 0.0968. The molecule has 8 N–H and O–H groups in total. The van der Waals surface area contributed by atoms with E-state index in [2.05, 4.69) is 23.6 Å². The van der Waals surface area contributed by atoms with E-state index in [4.69, 9.17) is 20.3 Å². The van der Waals surface area contributed by atoms with Crippen molar-refractivity contribution in [3.05, 3.63) is 12.7 Å². The molecule has 0 saturated heterocycles. The second-order valence-corrected chi connectivity index (χ2v) is 12.7. The first-order valence-corrected chi connectivity index (χ1v) is 13.9. The summed E-state index contributed by atoms with van der Waals surface area (Å²) in [6.07, 6.45) is -0.177. The quantitative estimate of drug-likeness (QED) is 0.206. The normalized spacial score (nSPS) is 35.2. The fourth-order valence-corrected chi connectivity index (χ4v) is 7.72. The number of anilines is 1. The van der Waals surface area contributed by atoms with Gasteiger partial charge in [-0.05, 0) is 13.3 Å². The lowest BCUT2D eigenvalue weighted by Gasteiger charge is -2.34. The number of aliphatic hydroxyl groups excluding tert-OH is 1. The van der Waals surface area contributed by atoms with Gasteiger partial charge in [0.2, 0.25) is 0 Å². The minimum Gasteiger partial charge on any atom is -0.387 e. The van der Waals surface area contributed by atoms with E-state index >= 15 is 0 Å². The number of ether oxygens (including phenoxy) is 1. The third kappa shape index (κ3) is 4.41. The van der Waals surface area contributed by atoms with Crippen LogP contribution in [-0.2, 0) is 27.1 Å². The lowest BCUT2D eigenvalue weighted by molar-refractivity contribution is -0.127. The highest BCUT2D eigenvalue weighted by molar-refractivity contribution is 7.68. The average Bonchev–Trinajstić information content (AvgIpc) is 3.13. The molecule has 0 amide bonds. The van der Waals surface area contributed by atoms with Gasteiger partial charge in [-0.3, -0.25) is 4.57 Å². The number of nitrogen functional groups attached to an aromatic ring is 1. The molecule has 2 fully saturated rings. The maximum Gasteiger partial charge on any atom is 0.488 e. The van der Waals surface area contributed by atoms with Gasteiger partial charge >= 0.3 is 23.2 Å². The number of hydrogen-bond acceptors (Lipinski definition) is 12. The van der Waals surface area contributed by atoms with Crippen molar-refractivity contribution < 1.29 is 56.8 Å². The third-order valence-electron chi connectivity index (χ3n) is 5.63. The number of aliphatic hydroxyl groups is 2. The summed E-state index contributed by atoms with van der Waals surface area (Å²) in [5.74, 6) is -0.511. The van der Waals surface area contributed by atoms with Crippen molar-refractivity contribution in [2.45, 2.75) is 36.7 Å². The summed E-state index contributed by atoms with van der Waals surface area (Å²) >= 11 is 0. The number of fused-ring (bicyclic) bond motifs is 2. The van der Waals surface area contributed by atoms with Crippen molar-refractivity contribution in [1.29, 1.82) is 0 Å². The molecule has 2 aliphatic carbocycles. The van der Waals surface area contributed by atoms with E-state index < -0.39 is 58.9 Å². The number of hydrogen-bond donors (Lipinski definition) is 7. The molecule has 3 unspecified atom stereocenters. The van der Waals surface area contributed by atoms with Gasteiger partial charge in [-0.25, -0.2) is 28.4 Å². The molecule has 0 aliphatic heterocycles. The standard InChI is InChI=1S/C13H20N5O12P3/c1-12(20)8(18-4-17-7-9(14)15-3-16-10(7)18)6-2-13(6,11(12)19)28-5-31(21,22)29-33(26,27)30-32(23,24)25/h3-4,6,8,11,19-20H,2,5H2,1H3,(H,21,22)(H,26,27)(H2,14,15,16)(H2,23,24,25)/t6-,8-,11-,12?,13+/m1/s1. The molecule has 0 aromatic carbocycles. The van der Waals surface area contributed by atoms with Gasteiger partial charge in [-0.15, -0.1) is 0 Å². The summed E-state index contributed by atoms with van der Waals surface area (Å²) in [4.78, 5) is 48.4. The van der Waals surface area contributed by atoms with Crippen molar-refractivity contribution in [2.24, 2.45) is 5.92 Å². The first-order valence-electron chi connectivity index (χ1n) is 9.09. The zero-order valence-corrected chi connectivity index (χ0v) is 19.3. The highest BCUT2D eigenvalue weighted by Gasteiger charge is 2.77. The van der Waals surface area contributed by atoms with Crippen molar-refractivity contribution >= 4 is 40.2 Å². The topological polar surface area (TPSA) is 270 Å². The molecule has 20 heteroatoms. The molecule has 7 atom stereocenters. The summed E-state index contributed by atoms with van der Waals surface area (Å²) in [5, 5.41) is 21.8. The Bertz CT molecular complexity index is 1250. The molecule has 33 heavy (non-hydrogen) atoms. The number of nitrogens with two attached hydrogens (primary N) is 1. The Hall–Kier alpha value is -1.32. The average molecular weight is 531 g/mol. The third-order valence-corrected chi connectivity index (χ3v) is 9.60. The number of imidazole rings is 1. The van der Waals surface area contributed by atoms with Crippen LogP contribution in [0.2, 0.25) is 0 Å². The highest BCUT2D eigenvalue weighted by atomic mass is 31.3. The molecule has 2 aromatic heterocycles. The van der Waals surface area contributed by atoms with Crippen LogP contribution in [-0.4, -0.2) is 73.0 Å². The molecule has 2 saturated carbocycles. The van der Waals surface area contributed by atoms with Crippen molar-refractivity contribution in [3.63, 3.8) is 0 Å². The summed E-state index contributed by atoms with van der Waals surface area (Å²) in [7, 11) is -16.3. The summed E-state index contributed by atoms with van der Waals surface area (Å²) in [6.45, 7) is 1.32. The molecule has 184 valence electrons. The monoisotopic (exact) mass is 531 g/mol. The molecule has 2 heterocycles. The predicted molar refractivity (Wildman–Crippen MR) is 106 cm³/mol. The maximum atomic E-state index is 12.2. The summed E-state index contributed by atoms with van der Waals surface area (Å²) < 4.78 is 48.8. The Morgan fingerprint density at radius 2 is 1.85 bits per heavy atom. The Morgan fingerprint density at radius 3 is 2.48 bits per heavy atom. The van der Waals surface area contributed by atoms with Crippen LogP contribution in [0.15, 0.2) is 12.7 Å². The molecule has 17 nitrogen and oxygen atoms in total. The number of phosphoric acid groups is 2. The van der Waals surface area contributed by atoms with Gasteiger partial charge in [0, 0.05) is 5.92 Å². The van der Waals surface area contributed by atoms with Gasteiger partial charge in [-0.2, -0.15) is 4.31 Å². The van der Waals surface area contributed by atoms with Gasteiger partial charge in [0.1, 0.15) is 35.5 Å². The number of nitrogens with zero attached hydrogens (tertiary/aromatic N) is 4. The largest absolute Gasteiger partial charge is 0.488 e. The Morgan fingerprint density at radius 1 is 1.18 bits per heavy atom. The maximum absolute atomic E-state index is 12.2. The fourth-order valence-electron chi connectivity index (χ4n) is 4.37. The first-order chi connectivity index (χ1) is 15.0. The van der Waals surface area contributed by atoms with Gasteiger partial charge in [0.25, 0.3) is 0 Å². The van der Waals surface area contributed by atoms with Crippen LogP contribution in [0.1, 0.15) is 19.4 Å². The SMILES string of the molecule is CC1(O)[C@@H](O)[C@]2(OCP(=O)(O)OP(=O)(O)OP(=O)(O)O)C[C@@H]2[C@H]1n1cnc2c(N)ncnc21. The molecular weight excluding hydrogens is 511 g/mol. The van der Waals surface area contributed by atoms with E-state index in [0.29, 0.717) is 0 Å². The van der Waals surface area contributed by atoms with Crippen molar-refractivity contribution in [2.75, 3.05) is 12.1 Å². The van der Waals surface area contributed by atoms with E-state index in [1.807, 2.05) is 0 Å². The zero-order valence-electron chi connectivity index (χ0n) is 16.6. The van der Waals surface area contributed by atoms with Crippen molar-refractivity contribution in [1.82, 2.24) is 19.5 Å². The van der Waals surface area contributed by atoms with E-state index in [9.17, 15) is 33.7 Å². The van der Waals surface area contributed by atoms with E-state index in [0.717, 1.165) is 0 Å². The molecule has 0 radical (unpaired) electrons. The molecule has 2 aliphatic rings. The smallest absolute Gasteiger partial charge is 0.387 e. The predicted octanol–water partition coefficient (Wildman–Crippen LogP) is -0.780. The lowest BCUT2D eigenvalue weighted by Crippen LogP contribution is -2.48. The van der Waals surface area contributed by atoms with E-state index in [1.165, 1.54) is 24.1 Å². The second kappa shape index (κ2) is 7.59. The molecule has 0 spiro atoms. The van der Waals surface area contributed by atoms with Crippen molar-refractivity contribution in [3.8, 4) is 0 Å². The number of aromatic nitrogens is 4. The van der Waals surface area contributed by atoms with E-state index in [1.54, 1.807) is 0 Å². The summed E-state index contributed by atoms with van der Waals surface area (Å²) in [5.41, 5.74) is 2.96. The Labute approximate surface area is 184 Å². The van der Waals surface area contributed by atoms with Gasteiger partial charge < -0.3 is 44.8 Å². The van der Waals surface area contributed by atoms with Gasteiger partial charge in [-0.1, -0.05) is 0 Å². The first kappa shape index (κ1) is 24.8. The van der Waals surface area contributed by atoms with Crippen LogP contribution < -0.4 is 5.73 Å². The number of rotatable bonds is 8. The highest BCUT2D eigenvalue weighted by Crippen LogP contribution is 2.70. The fraction of sp³-hybridized carbons (Fsp3) is 0.615. The minimum atomic E-state index is -5.64. The van der Waals surface area contributed by atoms with Crippen LogP contribution >= 0.6 is 23.2 Å². The second-order valence-electron chi connectivity index (χ2n) is 7.96. The van der Waals surface area contributed by atoms with Crippen LogP contribution in [0.3, 0.4) is 0 Å². The zero-order chi connectivity index (χ0) is 24.6. The van der Waals surface area contributed by atoms with E-state index in [-0.39, 0.29) is 23.4 Å².